The predicted molar refractivity (Wildman–Crippen MR) is 119 cm³/mol. The van der Waals surface area contributed by atoms with Crippen molar-refractivity contribution in [2.24, 2.45) is 0 Å². The summed E-state index contributed by atoms with van der Waals surface area (Å²) in [5, 5.41) is 11.5. The highest BCUT2D eigenvalue weighted by Crippen LogP contribution is 2.33. The van der Waals surface area contributed by atoms with E-state index in [2.05, 4.69) is 30.6 Å². The fraction of sp³-hybridized carbons (Fsp3) is 0.364. The molecule has 2 aliphatic rings. The molecule has 0 bridgehead atoms. The van der Waals surface area contributed by atoms with Crippen LogP contribution in [0.4, 0.5) is 5.82 Å². The van der Waals surface area contributed by atoms with Gasteiger partial charge in [0.2, 0.25) is 11.8 Å². The first-order valence-electron chi connectivity index (χ1n) is 10.9. The van der Waals surface area contributed by atoms with Crippen molar-refractivity contribution < 1.29 is 18.7 Å². The van der Waals surface area contributed by atoms with Crippen LogP contribution >= 0.6 is 0 Å². The summed E-state index contributed by atoms with van der Waals surface area (Å²) < 4.78 is 19.2. The molecule has 2 N–H and O–H groups in total. The van der Waals surface area contributed by atoms with E-state index >= 15 is 0 Å². The standard InChI is InChI=1S/C22H23N7O4/c30-20-12-23-10-14(26-20)13-32-21-2-1-19-25-11-16(29(19)27-21)18-9-15-17(33-18)3-4-24-22(15)28-5-7-31-8-6-28/h1-4,9,11,14,23H,5-8,10,12-13H2,(H,26,30). The number of aromatic nitrogens is 4. The van der Waals surface area contributed by atoms with Crippen molar-refractivity contribution in [3.8, 4) is 17.3 Å². The number of nitrogens with zero attached hydrogens (tertiary/aromatic N) is 5. The van der Waals surface area contributed by atoms with Crippen LogP contribution in [0.1, 0.15) is 0 Å². The van der Waals surface area contributed by atoms with Gasteiger partial charge >= 0.3 is 0 Å². The van der Waals surface area contributed by atoms with Gasteiger partial charge in [0.05, 0.1) is 37.4 Å². The van der Waals surface area contributed by atoms with Crippen molar-refractivity contribution in [1.82, 2.24) is 30.2 Å². The summed E-state index contributed by atoms with van der Waals surface area (Å²) in [6.07, 6.45) is 3.49. The van der Waals surface area contributed by atoms with Gasteiger partial charge in [0.1, 0.15) is 23.7 Å². The van der Waals surface area contributed by atoms with E-state index in [1.54, 1.807) is 23.0 Å². The highest BCUT2D eigenvalue weighted by atomic mass is 16.5. The summed E-state index contributed by atoms with van der Waals surface area (Å²) in [4.78, 5) is 22.8. The largest absolute Gasteiger partial charge is 0.474 e. The van der Waals surface area contributed by atoms with E-state index < -0.39 is 0 Å². The summed E-state index contributed by atoms with van der Waals surface area (Å²) >= 11 is 0. The number of pyridine rings is 1. The third kappa shape index (κ3) is 3.85. The van der Waals surface area contributed by atoms with Crippen molar-refractivity contribution in [1.29, 1.82) is 0 Å². The summed E-state index contributed by atoms with van der Waals surface area (Å²) in [5.41, 5.74) is 2.15. The number of hydrogen-bond donors (Lipinski definition) is 2. The maximum Gasteiger partial charge on any atom is 0.234 e. The molecule has 11 heteroatoms. The molecule has 6 rings (SSSR count). The molecule has 1 atom stereocenters. The van der Waals surface area contributed by atoms with Gasteiger partial charge in [-0.2, -0.15) is 0 Å². The lowest BCUT2D eigenvalue weighted by Crippen LogP contribution is -2.54. The first-order chi connectivity index (χ1) is 16.2. The highest BCUT2D eigenvalue weighted by molar-refractivity contribution is 5.92. The van der Waals surface area contributed by atoms with Crippen molar-refractivity contribution in [3.05, 3.63) is 36.7 Å². The monoisotopic (exact) mass is 449 g/mol. The number of morpholine rings is 1. The van der Waals surface area contributed by atoms with Crippen LogP contribution in [0.3, 0.4) is 0 Å². The van der Waals surface area contributed by atoms with E-state index in [0.717, 1.165) is 29.9 Å². The fourth-order valence-electron chi connectivity index (χ4n) is 4.18. The van der Waals surface area contributed by atoms with Crippen molar-refractivity contribution in [2.75, 3.05) is 50.9 Å². The Balaban J connectivity index is 1.30. The Kier molecular flexibility index (Phi) is 5.04. The number of anilines is 1. The normalized spacial score (nSPS) is 19.2. The minimum atomic E-state index is -0.104. The molecule has 2 aliphatic heterocycles. The summed E-state index contributed by atoms with van der Waals surface area (Å²) in [6.45, 7) is 4.26. The van der Waals surface area contributed by atoms with E-state index in [1.165, 1.54) is 0 Å². The molecule has 11 nitrogen and oxygen atoms in total. The van der Waals surface area contributed by atoms with Gasteiger partial charge in [0, 0.05) is 31.9 Å². The number of nitrogens with one attached hydrogen (secondary N) is 2. The maximum atomic E-state index is 11.5. The second-order valence-corrected chi connectivity index (χ2v) is 8.05. The summed E-state index contributed by atoms with van der Waals surface area (Å²) in [6, 6.07) is 7.35. The van der Waals surface area contributed by atoms with Crippen LogP contribution in [-0.2, 0) is 9.53 Å². The molecule has 33 heavy (non-hydrogen) atoms. The molecule has 2 fully saturated rings. The predicted octanol–water partition coefficient (Wildman–Crippen LogP) is 0.841. The number of amides is 1. The molecular formula is C22H23N7O4. The van der Waals surface area contributed by atoms with Crippen LogP contribution in [0.2, 0.25) is 0 Å². The number of fused-ring (bicyclic) bond motifs is 2. The third-order valence-corrected chi connectivity index (χ3v) is 5.80. The zero-order valence-electron chi connectivity index (χ0n) is 17.9. The fourth-order valence-corrected chi connectivity index (χ4v) is 4.18. The van der Waals surface area contributed by atoms with Gasteiger partial charge in [0.25, 0.3) is 0 Å². The van der Waals surface area contributed by atoms with Crippen molar-refractivity contribution in [3.63, 3.8) is 0 Å². The molecule has 2 saturated heterocycles. The Morgan fingerprint density at radius 3 is 2.97 bits per heavy atom. The number of carbonyl (C=O) groups excluding carboxylic acids is 1. The van der Waals surface area contributed by atoms with Gasteiger partial charge in [-0.05, 0) is 18.2 Å². The van der Waals surface area contributed by atoms with Crippen molar-refractivity contribution >= 4 is 28.3 Å². The van der Waals surface area contributed by atoms with Gasteiger partial charge in [0.15, 0.2) is 11.4 Å². The smallest absolute Gasteiger partial charge is 0.234 e. The average molecular weight is 449 g/mol. The van der Waals surface area contributed by atoms with E-state index in [9.17, 15) is 4.79 Å². The van der Waals surface area contributed by atoms with Crippen LogP contribution < -0.4 is 20.3 Å². The molecule has 0 saturated carbocycles. The molecule has 4 aromatic heterocycles. The van der Waals surface area contributed by atoms with Gasteiger partial charge < -0.3 is 29.4 Å². The molecular weight excluding hydrogens is 426 g/mol. The zero-order chi connectivity index (χ0) is 22.2. The van der Waals surface area contributed by atoms with Crippen molar-refractivity contribution in [2.45, 2.75) is 6.04 Å². The summed E-state index contributed by atoms with van der Waals surface area (Å²) in [5.74, 6) is 1.94. The first-order valence-corrected chi connectivity index (χ1v) is 10.9. The average Bonchev–Trinajstić information content (AvgIpc) is 3.47. The lowest BCUT2D eigenvalue weighted by atomic mass is 10.2. The maximum absolute atomic E-state index is 11.5. The van der Waals surface area contributed by atoms with E-state index in [1.807, 2.05) is 18.2 Å². The van der Waals surface area contributed by atoms with Crippen LogP contribution in [0, 0.1) is 0 Å². The molecule has 1 unspecified atom stereocenters. The Morgan fingerprint density at radius 2 is 2.09 bits per heavy atom. The number of carbonyl (C=O) groups is 1. The second kappa shape index (κ2) is 8.34. The lowest BCUT2D eigenvalue weighted by molar-refractivity contribution is -0.122. The number of rotatable bonds is 5. The summed E-state index contributed by atoms with van der Waals surface area (Å²) in [7, 11) is 0. The molecule has 0 spiro atoms. The van der Waals surface area contributed by atoms with E-state index in [0.29, 0.717) is 55.9 Å². The number of imidazole rings is 1. The minimum absolute atomic E-state index is 0.0361. The van der Waals surface area contributed by atoms with Crippen LogP contribution in [0.25, 0.3) is 28.1 Å². The topological polar surface area (TPSA) is 119 Å². The van der Waals surface area contributed by atoms with Crippen LogP contribution in [0.15, 0.2) is 41.1 Å². The number of furan rings is 1. The van der Waals surface area contributed by atoms with Gasteiger partial charge in [-0.3, -0.25) is 4.79 Å². The van der Waals surface area contributed by atoms with Gasteiger partial charge in [-0.1, -0.05) is 0 Å². The quantitative estimate of drug-likeness (QED) is 0.457. The number of ether oxygens (including phenoxy) is 2. The van der Waals surface area contributed by atoms with Gasteiger partial charge in [-0.15, -0.1) is 5.10 Å². The highest BCUT2D eigenvalue weighted by Gasteiger charge is 2.21. The minimum Gasteiger partial charge on any atom is -0.474 e. The molecule has 6 heterocycles. The zero-order valence-corrected chi connectivity index (χ0v) is 17.9. The molecule has 1 amide bonds. The van der Waals surface area contributed by atoms with E-state index in [-0.39, 0.29) is 11.9 Å². The molecule has 4 aromatic rings. The Bertz CT molecular complexity index is 1310. The number of piperazine rings is 1. The van der Waals surface area contributed by atoms with Gasteiger partial charge in [-0.25, -0.2) is 14.5 Å². The van der Waals surface area contributed by atoms with Crippen LogP contribution in [0.5, 0.6) is 5.88 Å². The van der Waals surface area contributed by atoms with Crippen LogP contribution in [-0.4, -0.2) is 77.5 Å². The lowest BCUT2D eigenvalue weighted by Gasteiger charge is -2.28. The number of hydrogen-bond acceptors (Lipinski definition) is 9. The Labute approximate surface area is 188 Å². The third-order valence-electron chi connectivity index (χ3n) is 5.80. The Morgan fingerprint density at radius 1 is 1.18 bits per heavy atom. The molecule has 0 radical (unpaired) electrons. The SMILES string of the molecule is O=C1CNCC(COc2ccc3ncc(-c4cc5c(N6CCOCC6)nccc5o4)n3n2)N1. The molecule has 170 valence electrons. The second-order valence-electron chi connectivity index (χ2n) is 8.05. The van der Waals surface area contributed by atoms with E-state index in [4.69, 9.17) is 13.9 Å². The first kappa shape index (κ1) is 19.9. The Hall–Kier alpha value is -3.70. The molecule has 0 aliphatic carbocycles. The molecule has 0 aromatic carbocycles.